The Morgan fingerprint density at radius 1 is 0.579 bits per heavy atom. The molecule has 3 heteroatoms. The van der Waals surface area contributed by atoms with Gasteiger partial charge in [0.2, 0.25) is 0 Å². The Kier molecular flexibility index (Phi) is 7.52. The van der Waals surface area contributed by atoms with Crippen molar-refractivity contribution < 1.29 is 0 Å². The second kappa shape index (κ2) is 7.38. The Labute approximate surface area is 123 Å². The summed E-state index contributed by atoms with van der Waals surface area (Å²) in [6, 6.07) is 2.35. The summed E-state index contributed by atoms with van der Waals surface area (Å²) in [7, 11) is -0.320. The van der Waals surface area contributed by atoms with Crippen molar-refractivity contribution in [1.29, 1.82) is 0 Å². The highest BCUT2D eigenvalue weighted by molar-refractivity contribution is 7.54. The maximum atomic E-state index is 2.73. The molecule has 0 bridgehead atoms. The first kappa shape index (κ1) is 19.4. The van der Waals surface area contributed by atoms with Crippen LogP contribution in [-0.2, 0) is 0 Å². The highest BCUT2D eigenvalue weighted by Crippen LogP contribution is 2.58. The molecule has 0 atom stereocenters. The molecule has 0 heterocycles. The fourth-order valence-corrected chi connectivity index (χ4v) is 6.25. The Balaban J connectivity index is 5.65. The zero-order chi connectivity index (χ0) is 15.5. The first-order valence-corrected chi connectivity index (χ1v) is 9.02. The average Bonchev–Trinajstić information content (AvgIpc) is 2.12. The molecule has 0 aromatic carbocycles. The van der Waals surface area contributed by atoms with Crippen LogP contribution in [0, 0.1) is 0 Å². The van der Waals surface area contributed by atoms with E-state index in [2.05, 4.69) is 85.5 Å². The Morgan fingerprint density at radius 3 is 0.895 bits per heavy atom. The SMILES string of the molecule is CC(C)N(C(C)C)P(N(C(C)C)C(C)C)C(C)(C)C. The molecule has 0 amide bonds. The van der Waals surface area contributed by atoms with E-state index in [9.17, 15) is 0 Å². The van der Waals surface area contributed by atoms with Crippen LogP contribution in [0.5, 0.6) is 0 Å². The molecule has 0 rings (SSSR count). The summed E-state index contributed by atoms with van der Waals surface area (Å²) in [5.74, 6) is 0. The van der Waals surface area contributed by atoms with Gasteiger partial charge >= 0.3 is 0 Å². The van der Waals surface area contributed by atoms with Gasteiger partial charge in [-0.1, -0.05) is 20.8 Å². The number of hydrogen-bond donors (Lipinski definition) is 0. The molecule has 0 saturated heterocycles. The summed E-state index contributed by atoms with van der Waals surface area (Å²) in [5, 5.41) is 0.304. The molecule has 0 radical (unpaired) electrons. The van der Waals surface area contributed by atoms with E-state index in [1.165, 1.54) is 0 Å². The lowest BCUT2D eigenvalue weighted by atomic mass is 10.3. The van der Waals surface area contributed by atoms with Gasteiger partial charge in [-0.2, -0.15) is 0 Å². The molecule has 116 valence electrons. The fraction of sp³-hybridized carbons (Fsp3) is 1.00. The lowest BCUT2D eigenvalue weighted by Crippen LogP contribution is -2.47. The first-order chi connectivity index (χ1) is 8.41. The van der Waals surface area contributed by atoms with E-state index in [0.29, 0.717) is 29.3 Å². The van der Waals surface area contributed by atoms with Crippen molar-refractivity contribution >= 4 is 8.22 Å². The van der Waals surface area contributed by atoms with Crippen LogP contribution in [-0.4, -0.2) is 38.7 Å². The summed E-state index contributed by atoms with van der Waals surface area (Å²) in [4.78, 5) is 0. The predicted octanol–water partition coefficient (Wildman–Crippen LogP) is 5.33. The molecule has 0 aliphatic heterocycles. The maximum Gasteiger partial charge on any atom is 0.0461 e. The highest BCUT2D eigenvalue weighted by atomic mass is 31.1. The third kappa shape index (κ3) is 5.33. The fourth-order valence-electron chi connectivity index (χ4n) is 2.88. The van der Waals surface area contributed by atoms with E-state index in [0.717, 1.165) is 0 Å². The lowest BCUT2D eigenvalue weighted by molar-refractivity contribution is 0.247. The van der Waals surface area contributed by atoms with Gasteiger partial charge in [0.05, 0.1) is 0 Å². The van der Waals surface area contributed by atoms with Crippen molar-refractivity contribution in [3.8, 4) is 0 Å². The van der Waals surface area contributed by atoms with Crippen molar-refractivity contribution in [3.05, 3.63) is 0 Å². The van der Waals surface area contributed by atoms with Crippen molar-refractivity contribution in [1.82, 2.24) is 9.34 Å². The molecule has 0 unspecified atom stereocenters. The second-order valence-corrected chi connectivity index (χ2v) is 10.4. The standard InChI is InChI=1S/C16H37N2P/c1-12(2)17(13(3)4)19(16(9,10)11)18(14(5)6)15(7)8/h12-15H,1-11H3. The van der Waals surface area contributed by atoms with Gasteiger partial charge in [0.1, 0.15) is 0 Å². The second-order valence-electron chi connectivity index (χ2n) is 7.60. The van der Waals surface area contributed by atoms with Crippen LogP contribution in [0.2, 0.25) is 0 Å². The van der Waals surface area contributed by atoms with Crippen LogP contribution in [0.1, 0.15) is 76.2 Å². The molecular formula is C16H37N2P. The van der Waals surface area contributed by atoms with Crippen LogP contribution in [0.3, 0.4) is 0 Å². The summed E-state index contributed by atoms with van der Waals surface area (Å²) in [5.41, 5.74) is 0. The largest absolute Gasteiger partial charge is 0.264 e. The number of nitrogens with zero attached hydrogens (tertiary/aromatic N) is 2. The minimum atomic E-state index is -0.320. The van der Waals surface area contributed by atoms with Gasteiger partial charge in [-0.3, -0.25) is 9.34 Å². The van der Waals surface area contributed by atoms with Crippen LogP contribution in [0.4, 0.5) is 0 Å². The van der Waals surface area contributed by atoms with E-state index in [4.69, 9.17) is 0 Å². The predicted molar refractivity (Wildman–Crippen MR) is 90.9 cm³/mol. The average molecular weight is 288 g/mol. The van der Waals surface area contributed by atoms with Gasteiger partial charge < -0.3 is 0 Å². The number of hydrogen-bond acceptors (Lipinski definition) is 2. The molecular weight excluding hydrogens is 251 g/mol. The van der Waals surface area contributed by atoms with Gasteiger partial charge in [-0.25, -0.2) is 0 Å². The van der Waals surface area contributed by atoms with Crippen LogP contribution in [0.25, 0.3) is 0 Å². The molecule has 0 N–H and O–H groups in total. The van der Waals surface area contributed by atoms with E-state index in [1.54, 1.807) is 0 Å². The van der Waals surface area contributed by atoms with Crippen LogP contribution in [0.15, 0.2) is 0 Å². The molecule has 0 spiro atoms. The zero-order valence-electron chi connectivity index (χ0n) is 15.2. The molecule has 0 aromatic heterocycles. The minimum Gasteiger partial charge on any atom is -0.264 e. The summed E-state index contributed by atoms with van der Waals surface area (Å²) in [6.07, 6.45) is 0. The third-order valence-corrected chi connectivity index (χ3v) is 7.08. The zero-order valence-corrected chi connectivity index (χ0v) is 16.0. The third-order valence-electron chi connectivity index (χ3n) is 3.15. The topological polar surface area (TPSA) is 6.48 Å². The molecule has 2 nitrogen and oxygen atoms in total. The van der Waals surface area contributed by atoms with Gasteiger partial charge in [-0.15, -0.1) is 0 Å². The molecule has 0 fully saturated rings. The van der Waals surface area contributed by atoms with E-state index in [-0.39, 0.29) is 8.22 Å². The Hall–Kier alpha value is 0.350. The van der Waals surface area contributed by atoms with E-state index >= 15 is 0 Å². The normalized spacial score (nSPS) is 14.2. The maximum absolute atomic E-state index is 2.73. The molecule has 0 aliphatic carbocycles. The Bertz CT molecular complexity index is 218. The van der Waals surface area contributed by atoms with Crippen LogP contribution < -0.4 is 0 Å². The highest BCUT2D eigenvalue weighted by Gasteiger charge is 2.40. The van der Waals surface area contributed by atoms with Crippen LogP contribution >= 0.6 is 8.22 Å². The minimum absolute atomic E-state index is 0.304. The molecule has 0 aromatic rings. The number of rotatable bonds is 6. The van der Waals surface area contributed by atoms with E-state index < -0.39 is 0 Å². The van der Waals surface area contributed by atoms with Crippen molar-refractivity contribution in [3.63, 3.8) is 0 Å². The van der Waals surface area contributed by atoms with Crippen molar-refractivity contribution in [2.75, 3.05) is 0 Å². The first-order valence-electron chi connectivity index (χ1n) is 7.78. The lowest BCUT2D eigenvalue weighted by Gasteiger charge is -2.52. The van der Waals surface area contributed by atoms with Gasteiger partial charge in [0.25, 0.3) is 0 Å². The quantitative estimate of drug-likeness (QED) is 0.609. The van der Waals surface area contributed by atoms with Gasteiger partial charge in [0.15, 0.2) is 0 Å². The van der Waals surface area contributed by atoms with Gasteiger partial charge in [-0.05, 0) is 55.4 Å². The van der Waals surface area contributed by atoms with Gasteiger partial charge in [0, 0.05) is 37.5 Å². The molecule has 0 aliphatic rings. The molecule has 19 heavy (non-hydrogen) atoms. The summed E-state index contributed by atoms with van der Waals surface area (Å²) >= 11 is 0. The summed E-state index contributed by atoms with van der Waals surface area (Å²) < 4.78 is 5.46. The summed E-state index contributed by atoms with van der Waals surface area (Å²) in [6.45, 7) is 25.9. The smallest absolute Gasteiger partial charge is 0.0461 e. The van der Waals surface area contributed by atoms with Crippen molar-refractivity contribution in [2.24, 2.45) is 0 Å². The molecule has 0 saturated carbocycles. The van der Waals surface area contributed by atoms with Crippen molar-refractivity contribution in [2.45, 2.75) is 105 Å². The Morgan fingerprint density at radius 2 is 0.789 bits per heavy atom. The van der Waals surface area contributed by atoms with E-state index in [1.807, 2.05) is 0 Å². The monoisotopic (exact) mass is 288 g/mol.